The van der Waals surface area contributed by atoms with Gasteiger partial charge in [-0.15, -0.1) is 0 Å². The molecule has 1 aromatic carbocycles. The van der Waals surface area contributed by atoms with Gasteiger partial charge in [-0.25, -0.2) is 4.39 Å². The van der Waals surface area contributed by atoms with Gasteiger partial charge in [0.2, 0.25) is 5.82 Å². The third kappa shape index (κ3) is 2.85. The van der Waals surface area contributed by atoms with E-state index in [1.807, 2.05) is 0 Å². The van der Waals surface area contributed by atoms with Gasteiger partial charge in [0.15, 0.2) is 0 Å². The zero-order valence-corrected chi connectivity index (χ0v) is 11.4. The Morgan fingerprint density at radius 3 is 2.71 bits per heavy atom. The number of likely N-dealkylation sites (tertiary alicyclic amines) is 1. The second-order valence-corrected chi connectivity index (χ2v) is 5.14. The number of nitrogens with two attached hydrogens (primary N) is 1. The van der Waals surface area contributed by atoms with Crippen LogP contribution in [0.3, 0.4) is 0 Å². The monoisotopic (exact) mass is 299 g/mol. The van der Waals surface area contributed by atoms with Crippen LogP contribution in [-0.2, 0) is 0 Å². The predicted molar refractivity (Wildman–Crippen MR) is 70.7 cm³/mol. The first-order valence-corrected chi connectivity index (χ1v) is 6.51. The lowest BCUT2D eigenvalue weighted by Crippen LogP contribution is -2.48. The largest absolute Gasteiger partial charge is 0.336 e. The molecular weight excluding hydrogens is 284 g/mol. The first-order valence-electron chi connectivity index (χ1n) is 6.51. The number of hydrogen-bond donors (Lipinski definition) is 1. The Bertz CT molecular complexity index is 594. The second-order valence-electron chi connectivity index (χ2n) is 5.14. The quantitative estimate of drug-likeness (QED) is 0.666. The van der Waals surface area contributed by atoms with Gasteiger partial charge in [0.25, 0.3) is 5.91 Å². The minimum Gasteiger partial charge on any atom is -0.336 e. The Labute approximate surface area is 119 Å². The van der Waals surface area contributed by atoms with Gasteiger partial charge in [-0.05, 0) is 25.8 Å². The minimum atomic E-state index is -1.44. The van der Waals surface area contributed by atoms with E-state index in [0.29, 0.717) is 18.9 Å². The van der Waals surface area contributed by atoms with Crippen molar-refractivity contribution in [3.63, 3.8) is 0 Å². The highest BCUT2D eigenvalue weighted by Crippen LogP contribution is 2.26. The van der Waals surface area contributed by atoms with Gasteiger partial charge >= 0.3 is 5.69 Å². The van der Waals surface area contributed by atoms with Crippen LogP contribution in [0.25, 0.3) is 0 Å². The molecule has 0 spiro atoms. The Morgan fingerprint density at radius 1 is 1.48 bits per heavy atom. The highest BCUT2D eigenvalue weighted by atomic mass is 19.1. The number of carbonyl (C=O) groups excluding carboxylic acids is 1. The van der Waals surface area contributed by atoms with Crippen molar-refractivity contribution in [2.75, 3.05) is 6.54 Å². The van der Waals surface area contributed by atoms with Crippen molar-refractivity contribution in [2.45, 2.75) is 31.8 Å². The number of halogens is 2. The molecular formula is C13H15F2N3O3. The number of rotatable bonds is 2. The highest BCUT2D eigenvalue weighted by Gasteiger charge is 2.33. The first kappa shape index (κ1) is 15.3. The number of carbonyl (C=O) groups is 1. The second kappa shape index (κ2) is 5.72. The summed E-state index contributed by atoms with van der Waals surface area (Å²) in [5.74, 6) is -3.43. The molecule has 1 aliphatic rings. The van der Waals surface area contributed by atoms with Crippen molar-refractivity contribution in [1.29, 1.82) is 0 Å². The molecule has 0 radical (unpaired) electrons. The van der Waals surface area contributed by atoms with E-state index in [1.54, 1.807) is 6.92 Å². The SMILES string of the molecule is CC1CC(N)CCN1C(=O)c1c(F)ccc([N+](=O)[O-])c1F. The average molecular weight is 299 g/mol. The van der Waals surface area contributed by atoms with E-state index in [0.717, 1.165) is 6.07 Å². The average Bonchev–Trinajstić information content (AvgIpc) is 2.37. The van der Waals surface area contributed by atoms with E-state index in [2.05, 4.69) is 0 Å². The molecule has 2 atom stereocenters. The smallest absolute Gasteiger partial charge is 0.305 e. The number of piperidine rings is 1. The van der Waals surface area contributed by atoms with Crippen LogP contribution in [0.15, 0.2) is 12.1 Å². The van der Waals surface area contributed by atoms with Crippen molar-refractivity contribution < 1.29 is 18.5 Å². The van der Waals surface area contributed by atoms with E-state index < -0.39 is 33.7 Å². The van der Waals surface area contributed by atoms with Crippen LogP contribution >= 0.6 is 0 Å². The van der Waals surface area contributed by atoms with Crippen LogP contribution in [0.1, 0.15) is 30.1 Å². The summed E-state index contributed by atoms with van der Waals surface area (Å²) in [6.07, 6.45) is 1.04. The van der Waals surface area contributed by atoms with Gasteiger partial charge in [-0.2, -0.15) is 4.39 Å². The van der Waals surface area contributed by atoms with E-state index >= 15 is 0 Å². The maximum Gasteiger partial charge on any atom is 0.305 e. The Kier molecular flexibility index (Phi) is 4.17. The van der Waals surface area contributed by atoms with Gasteiger partial charge in [-0.1, -0.05) is 0 Å². The molecule has 6 nitrogen and oxygen atoms in total. The molecule has 0 aliphatic carbocycles. The van der Waals surface area contributed by atoms with Crippen molar-refractivity contribution in [1.82, 2.24) is 4.90 Å². The summed E-state index contributed by atoms with van der Waals surface area (Å²) in [5, 5.41) is 10.7. The Balaban J connectivity index is 2.39. The normalized spacial score (nSPS) is 22.2. The lowest BCUT2D eigenvalue weighted by molar-refractivity contribution is -0.387. The molecule has 2 unspecified atom stereocenters. The van der Waals surface area contributed by atoms with Crippen LogP contribution in [0.4, 0.5) is 14.5 Å². The molecule has 1 fully saturated rings. The molecule has 2 N–H and O–H groups in total. The van der Waals surface area contributed by atoms with Crippen molar-refractivity contribution >= 4 is 11.6 Å². The number of hydrogen-bond acceptors (Lipinski definition) is 4. The molecule has 114 valence electrons. The summed E-state index contributed by atoms with van der Waals surface area (Å²) >= 11 is 0. The number of amides is 1. The zero-order valence-electron chi connectivity index (χ0n) is 11.4. The van der Waals surface area contributed by atoms with E-state index in [-0.39, 0.29) is 18.6 Å². The van der Waals surface area contributed by atoms with E-state index in [1.165, 1.54) is 4.90 Å². The highest BCUT2D eigenvalue weighted by molar-refractivity contribution is 5.95. The number of nitrogens with zero attached hydrogens (tertiary/aromatic N) is 2. The van der Waals surface area contributed by atoms with Crippen molar-refractivity contribution in [2.24, 2.45) is 5.73 Å². The predicted octanol–water partition coefficient (Wildman–Crippen LogP) is 1.82. The maximum absolute atomic E-state index is 14.0. The lowest BCUT2D eigenvalue weighted by atomic mass is 9.98. The minimum absolute atomic E-state index is 0.0659. The fraction of sp³-hybridized carbons (Fsp3) is 0.462. The topological polar surface area (TPSA) is 89.5 Å². The molecule has 0 saturated carbocycles. The summed E-state index contributed by atoms with van der Waals surface area (Å²) in [4.78, 5) is 23.3. The standard InChI is InChI=1S/C13H15F2N3O3/c1-7-6-8(16)4-5-17(7)13(19)11-9(14)2-3-10(12(11)15)18(20)21/h2-3,7-8H,4-6,16H2,1H3. The van der Waals surface area contributed by atoms with Gasteiger partial charge in [0.05, 0.1) is 4.92 Å². The first-order chi connectivity index (χ1) is 9.82. The van der Waals surface area contributed by atoms with Gasteiger partial charge in [-0.3, -0.25) is 14.9 Å². The van der Waals surface area contributed by atoms with Crippen molar-refractivity contribution in [3.8, 4) is 0 Å². The Morgan fingerprint density at radius 2 is 2.14 bits per heavy atom. The third-order valence-corrected chi connectivity index (χ3v) is 3.66. The summed E-state index contributed by atoms with van der Waals surface area (Å²) in [6, 6.07) is 1.09. The fourth-order valence-electron chi connectivity index (χ4n) is 2.53. The van der Waals surface area contributed by atoms with E-state index in [4.69, 9.17) is 5.73 Å². The molecule has 1 aromatic rings. The number of benzene rings is 1. The molecule has 8 heteroatoms. The van der Waals surface area contributed by atoms with Crippen molar-refractivity contribution in [3.05, 3.63) is 39.4 Å². The Hall–Kier alpha value is -2.09. The van der Waals surface area contributed by atoms with Gasteiger partial charge < -0.3 is 10.6 Å². The molecule has 2 rings (SSSR count). The van der Waals surface area contributed by atoms with Gasteiger partial charge in [0, 0.05) is 24.7 Å². The number of nitro groups is 1. The third-order valence-electron chi connectivity index (χ3n) is 3.66. The molecule has 1 amide bonds. The molecule has 21 heavy (non-hydrogen) atoms. The molecule has 1 heterocycles. The number of nitro benzene ring substituents is 1. The summed E-state index contributed by atoms with van der Waals surface area (Å²) in [5.41, 5.74) is 3.98. The molecule has 1 saturated heterocycles. The molecule has 1 aliphatic heterocycles. The maximum atomic E-state index is 14.0. The lowest BCUT2D eigenvalue weighted by Gasteiger charge is -2.36. The fourth-order valence-corrected chi connectivity index (χ4v) is 2.53. The zero-order chi connectivity index (χ0) is 15.7. The van der Waals surface area contributed by atoms with Gasteiger partial charge in [0.1, 0.15) is 11.4 Å². The molecule has 0 aromatic heterocycles. The summed E-state index contributed by atoms with van der Waals surface area (Å²) in [6.45, 7) is 1.99. The van der Waals surface area contributed by atoms with Crippen LogP contribution < -0.4 is 5.73 Å². The van der Waals surface area contributed by atoms with E-state index in [9.17, 15) is 23.7 Å². The van der Waals surface area contributed by atoms with Crippen LogP contribution in [0.5, 0.6) is 0 Å². The summed E-state index contributed by atoms with van der Waals surface area (Å²) in [7, 11) is 0. The summed E-state index contributed by atoms with van der Waals surface area (Å²) < 4.78 is 27.8. The van der Waals surface area contributed by atoms with Crippen LogP contribution in [0, 0.1) is 21.7 Å². The van der Waals surface area contributed by atoms with Crippen LogP contribution in [-0.4, -0.2) is 34.4 Å². The van der Waals surface area contributed by atoms with Crippen LogP contribution in [0.2, 0.25) is 0 Å². The molecule has 0 bridgehead atoms.